The minimum atomic E-state index is 0.487. The maximum absolute atomic E-state index is 5.25. The van der Waals surface area contributed by atoms with Crippen LogP contribution in [0, 0.1) is 0 Å². The van der Waals surface area contributed by atoms with Crippen LogP contribution in [0.3, 0.4) is 0 Å². The first kappa shape index (κ1) is 10.7. The summed E-state index contributed by atoms with van der Waals surface area (Å²) in [5.74, 6) is 0. The fourth-order valence-electron chi connectivity index (χ4n) is 2.09. The molecule has 0 bridgehead atoms. The molecule has 1 aromatic rings. The second-order valence-electron chi connectivity index (χ2n) is 4.19. The van der Waals surface area contributed by atoms with Gasteiger partial charge in [-0.15, -0.1) is 0 Å². The molecule has 1 saturated carbocycles. The summed E-state index contributed by atoms with van der Waals surface area (Å²) in [5.41, 5.74) is 1.37. The van der Waals surface area contributed by atoms with E-state index in [2.05, 4.69) is 35.1 Å². The van der Waals surface area contributed by atoms with Crippen LogP contribution >= 0.6 is 0 Å². The Bertz CT molecular complexity index is 302. The zero-order chi connectivity index (χ0) is 10.7. The number of aryl methyl sites for hydroxylation is 1. The minimum Gasteiger partial charge on any atom is -0.381 e. The van der Waals surface area contributed by atoms with Gasteiger partial charge in [-0.05, 0) is 31.9 Å². The summed E-state index contributed by atoms with van der Waals surface area (Å²) in [6.07, 6.45) is 4.93. The second kappa shape index (κ2) is 4.81. The van der Waals surface area contributed by atoms with Crippen molar-refractivity contribution in [3.05, 3.63) is 24.0 Å². The Kier molecular flexibility index (Phi) is 3.44. The Labute approximate surface area is 91.4 Å². The van der Waals surface area contributed by atoms with Crippen molar-refractivity contribution >= 4 is 0 Å². The molecule has 0 amide bonds. The van der Waals surface area contributed by atoms with E-state index in [-0.39, 0.29) is 0 Å². The maximum atomic E-state index is 5.25. The number of hydrogen-bond donors (Lipinski definition) is 1. The van der Waals surface area contributed by atoms with E-state index in [1.165, 1.54) is 5.69 Å². The first-order valence-electron chi connectivity index (χ1n) is 5.73. The summed E-state index contributed by atoms with van der Waals surface area (Å²) in [4.78, 5) is 0. The molecule has 0 aliphatic heterocycles. The molecule has 0 atom stereocenters. The van der Waals surface area contributed by atoms with E-state index in [4.69, 9.17) is 4.74 Å². The van der Waals surface area contributed by atoms with E-state index in [1.807, 2.05) is 0 Å². The lowest BCUT2D eigenvalue weighted by molar-refractivity contribution is 0.0168. The van der Waals surface area contributed by atoms with E-state index < -0.39 is 0 Å². The Morgan fingerprint density at radius 3 is 3.00 bits per heavy atom. The van der Waals surface area contributed by atoms with Gasteiger partial charge in [-0.1, -0.05) is 0 Å². The molecule has 84 valence electrons. The van der Waals surface area contributed by atoms with Crippen molar-refractivity contribution in [3.63, 3.8) is 0 Å². The summed E-state index contributed by atoms with van der Waals surface area (Å²) in [6, 6.07) is 4.94. The average Bonchev–Trinajstić information content (AvgIpc) is 2.63. The quantitative estimate of drug-likeness (QED) is 0.798. The van der Waals surface area contributed by atoms with E-state index in [0.29, 0.717) is 12.1 Å². The van der Waals surface area contributed by atoms with Gasteiger partial charge in [0.1, 0.15) is 0 Å². The molecular weight excluding hydrogens is 188 g/mol. The number of nitrogens with zero attached hydrogens (tertiary/aromatic N) is 1. The molecule has 0 unspecified atom stereocenters. The van der Waals surface area contributed by atoms with Crippen LogP contribution in [0.4, 0.5) is 0 Å². The van der Waals surface area contributed by atoms with Gasteiger partial charge < -0.3 is 14.6 Å². The van der Waals surface area contributed by atoms with Gasteiger partial charge in [-0.2, -0.15) is 0 Å². The number of rotatable bonds is 5. The van der Waals surface area contributed by atoms with Crippen molar-refractivity contribution < 1.29 is 4.74 Å². The van der Waals surface area contributed by atoms with Gasteiger partial charge in [0.15, 0.2) is 0 Å². The van der Waals surface area contributed by atoms with Crippen LogP contribution in [-0.4, -0.2) is 23.8 Å². The maximum Gasteiger partial charge on any atom is 0.0601 e. The predicted octanol–water partition coefficient (Wildman–Crippen LogP) is 1.77. The molecule has 1 aliphatic carbocycles. The predicted molar refractivity (Wildman–Crippen MR) is 60.8 cm³/mol. The normalized spacial score (nSPS) is 25.2. The van der Waals surface area contributed by atoms with E-state index in [0.717, 1.165) is 25.9 Å². The summed E-state index contributed by atoms with van der Waals surface area (Å²) in [7, 11) is 1.79. The summed E-state index contributed by atoms with van der Waals surface area (Å²) < 4.78 is 7.53. The average molecular weight is 208 g/mol. The van der Waals surface area contributed by atoms with Crippen molar-refractivity contribution in [2.45, 2.75) is 45.0 Å². The van der Waals surface area contributed by atoms with Crippen LogP contribution in [-0.2, 0) is 17.8 Å². The molecule has 0 saturated heterocycles. The second-order valence-corrected chi connectivity index (χ2v) is 4.19. The first-order valence-corrected chi connectivity index (χ1v) is 5.73. The zero-order valence-corrected chi connectivity index (χ0v) is 9.57. The molecule has 0 spiro atoms. The van der Waals surface area contributed by atoms with E-state index in [1.54, 1.807) is 7.11 Å². The van der Waals surface area contributed by atoms with Crippen molar-refractivity contribution in [2.75, 3.05) is 7.11 Å². The summed E-state index contributed by atoms with van der Waals surface area (Å²) >= 11 is 0. The van der Waals surface area contributed by atoms with Gasteiger partial charge in [0.25, 0.3) is 0 Å². The Morgan fingerprint density at radius 2 is 2.33 bits per heavy atom. The van der Waals surface area contributed by atoms with Gasteiger partial charge in [0, 0.05) is 38.1 Å². The zero-order valence-electron chi connectivity index (χ0n) is 9.57. The number of aromatic nitrogens is 1. The highest BCUT2D eigenvalue weighted by atomic mass is 16.5. The molecule has 2 rings (SSSR count). The Balaban J connectivity index is 1.75. The third-order valence-electron chi connectivity index (χ3n) is 3.26. The van der Waals surface area contributed by atoms with E-state index >= 15 is 0 Å². The lowest BCUT2D eigenvalue weighted by Gasteiger charge is -2.34. The highest BCUT2D eigenvalue weighted by molar-refractivity contribution is 5.07. The lowest BCUT2D eigenvalue weighted by atomic mass is 9.89. The smallest absolute Gasteiger partial charge is 0.0601 e. The molecule has 1 N–H and O–H groups in total. The topological polar surface area (TPSA) is 26.2 Å². The van der Waals surface area contributed by atoms with Crippen molar-refractivity contribution in [1.82, 2.24) is 9.88 Å². The SMILES string of the molecule is CCn1cccc1CNC1CC(OC)C1. The molecule has 0 radical (unpaired) electrons. The first-order chi connectivity index (χ1) is 7.33. The highest BCUT2D eigenvalue weighted by Crippen LogP contribution is 2.22. The molecule has 3 nitrogen and oxygen atoms in total. The van der Waals surface area contributed by atoms with Crippen LogP contribution < -0.4 is 5.32 Å². The lowest BCUT2D eigenvalue weighted by Crippen LogP contribution is -2.44. The molecule has 0 aromatic carbocycles. The van der Waals surface area contributed by atoms with Crippen LogP contribution in [0.15, 0.2) is 18.3 Å². The summed E-state index contributed by atoms with van der Waals surface area (Å²) in [6.45, 7) is 4.20. The monoisotopic (exact) mass is 208 g/mol. The fourth-order valence-corrected chi connectivity index (χ4v) is 2.09. The third-order valence-corrected chi connectivity index (χ3v) is 3.26. The van der Waals surface area contributed by atoms with E-state index in [9.17, 15) is 0 Å². The van der Waals surface area contributed by atoms with Gasteiger partial charge >= 0.3 is 0 Å². The Hall–Kier alpha value is -0.800. The van der Waals surface area contributed by atoms with Crippen LogP contribution in [0.2, 0.25) is 0 Å². The number of nitrogens with one attached hydrogen (secondary N) is 1. The highest BCUT2D eigenvalue weighted by Gasteiger charge is 2.28. The van der Waals surface area contributed by atoms with Crippen LogP contribution in [0.1, 0.15) is 25.5 Å². The number of ether oxygens (including phenoxy) is 1. The molecule has 1 aliphatic rings. The van der Waals surface area contributed by atoms with Gasteiger partial charge in [-0.25, -0.2) is 0 Å². The minimum absolute atomic E-state index is 0.487. The molecule has 15 heavy (non-hydrogen) atoms. The van der Waals surface area contributed by atoms with Gasteiger partial charge in [0.2, 0.25) is 0 Å². The fraction of sp³-hybridized carbons (Fsp3) is 0.667. The molecule has 1 fully saturated rings. The number of hydrogen-bond acceptors (Lipinski definition) is 2. The van der Waals surface area contributed by atoms with Gasteiger partial charge in [-0.3, -0.25) is 0 Å². The largest absolute Gasteiger partial charge is 0.381 e. The van der Waals surface area contributed by atoms with Crippen molar-refractivity contribution in [2.24, 2.45) is 0 Å². The van der Waals surface area contributed by atoms with Crippen LogP contribution in [0.25, 0.3) is 0 Å². The molecule has 1 heterocycles. The number of methoxy groups -OCH3 is 1. The molecular formula is C12H20N2O. The van der Waals surface area contributed by atoms with Crippen molar-refractivity contribution in [1.29, 1.82) is 0 Å². The molecule has 3 heteroatoms. The summed E-state index contributed by atoms with van der Waals surface area (Å²) in [5, 5.41) is 3.56. The Morgan fingerprint density at radius 1 is 1.53 bits per heavy atom. The molecule has 1 aromatic heterocycles. The van der Waals surface area contributed by atoms with Crippen LogP contribution in [0.5, 0.6) is 0 Å². The standard InChI is InChI=1S/C12H20N2O/c1-3-14-6-4-5-11(14)9-13-10-7-12(8-10)15-2/h4-6,10,12-13H,3,7-9H2,1-2H3. The van der Waals surface area contributed by atoms with Crippen molar-refractivity contribution in [3.8, 4) is 0 Å². The van der Waals surface area contributed by atoms with Gasteiger partial charge in [0.05, 0.1) is 6.10 Å². The third kappa shape index (κ3) is 2.41.